The SMILES string of the molecule is O=C1CCCC(=O)N1c1ccc(COc2ccc(OCc3ccccc3)cc2)cc1. The fraction of sp³-hybridized carbons (Fsp3) is 0.200. The number of amides is 2. The van der Waals surface area contributed by atoms with Gasteiger partial charge in [0.05, 0.1) is 5.69 Å². The molecule has 0 aliphatic carbocycles. The third kappa shape index (κ3) is 4.87. The quantitative estimate of drug-likeness (QED) is 0.529. The molecule has 1 heterocycles. The van der Waals surface area contributed by atoms with Crippen molar-refractivity contribution in [3.8, 4) is 11.5 Å². The van der Waals surface area contributed by atoms with Gasteiger partial charge in [0.25, 0.3) is 0 Å². The van der Waals surface area contributed by atoms with Crippen LogP contribution in [0.3, 0.4) is 0 Å². The van der Waals surface area contributed by atoms with Crippen LogP contribution in [-0.2, 0) is 22.8 Å². The van der Waals surface area contributed by atoms with Crippen molar-refractivity contribution in [2.45, 2.75) is 32.5 Å². The number of carbonyl (C=O) groups excluding carboxylic acids is 2. The van der Waals surface area contributed by atoms with Crippen LogP contribution in [0.4, 0.5) is 5.69 Å². The van der Waals surface area contributed by atoms with E-state index in [0.717, 1.165) is 22.6 Å². The average Bonchev–Trinajstić information content (AvgIpc) is 2.78. The van der Waals surface area contributed by atoms with E-state index in [1.807, 2.05) is 66.7 Å². The first-order chi connectivity index (χ1) is 14.7. The Morgan fingerprint density at radius 1 is 0.633 bits per heavy atom. The Bertz CT molecular complexity index is 982. The average molecular weight is 401 g/mol. The molecule has 1 fully saturated rings. The summed E-state index contributed by atoms with van der Waals surface area (Å²) in [6.07, 6.45) is 1.47. The van der Waals surface area contributed by atoms with E-state index in [9.17, 15) is 9.59 Å². The Balaban J connectivity index is 1.30. The van der Waals surface area contributed by atoms with Crippen molar-refractivity contribution < 1.29 is 19.1 Å². The Morgan fingerprint density at radius 3 is 1.67 bits per heavy atom. The van der Waals surface area contributed by atoms with Crippen molar-refractivity contribution in [1.82, 2.24) is 0 Å². The van der Waals surface area contributed by atoms with Gasteiger partial charge in [-0.2, -0.15) is 0 Å². The maximum absolute atomic E-state index is 12.0. The lowest BCUT2D eigenvalue weighted by molar-refractivity contribution is -0.129. The molecule has 0 atom stereocenters. The predicted molar refractivity (Wildman–Crippen MR) is 114 cm³/mol. The summed E-state index contributed by atoms with van der Waals surface area (Å²) >= 11 is 0. The summed E-state index contributed by atoms with van der Waals surface area (Å²) in [4.78, 5) is 25.3. The van der Waals surface area contributed by atoms with Crippen molar-refractivity contribution in [3.63, 3.8) is 0 Å². The Kier molecular flexibility index (Phi) is 6.09. The summed E-state index contributed by atoms with van der Waals surface area (Å²) in [5.74, 6) is 1.26. The Labute approximate surface area is 175 Å². The fourth-order valence-electron chi connectivity index (χ4n) is 3.32. The summed E-state index contributed by atoms with van der Waals surface area (Å²) < 4.78 is 11.6. The van der Waals surface area contributed by atoms with E-state index in [1.54, 1.807) is 12.1 Å². The van der Waals surface area contributed by atoms with E-state index in [-0.39, 0.29) is 11.8 Å². The molecule has 3 aromatic carbocycles. The van der Waals surface area contributed by atoms with Crippen LogP contribution in [0.5, 0.6) is 11.5 Å². The summed E-state index contributed by atoms with van der Waals surface area (Å²) in [5, 5.41) is 0. The zero-order valence-corrected chi connectivity index (χ0v) is 16.6. The molecule has 0 radical (unpaired) electrons. The van der Waals surface area contributed by atoms with Crippen molar-refractivity contribution in [3.05, 3.63) is 90.0 Å². The second kappa shape index (κ2) is 9.27. The number of ether oxygens (including phenoxy) is 2. The molecule has 4 rings (SSSR count). The molecule has 2 amide bonds. The van der Waals surface area contributed by atoms with Crippen LogP contribution >= 0.6 is 0 Å². The first kappa shape index (κ1) is 19.7. The molecular weight excluding hydrogens is 378 g/mol. The first-order valence-corrected chi connectivity index (χ1v) is 10.0. The van der Waals surface area contributed by atoms with Crippen molar-refractivity contribution in [2.24, 2.45) is 0 Å². The lowest BCUT2D eigenvalue weighted by Crippen LogP contribution is -2.40. The second-order valence-corrected chi connectivity index (χ2v) is 7.18. The topological polar surface area (TPSA) is 55.8 Å². The maximum atomic E-state index is 12.0. The molecule has 5 heteroatoms. The van der Waals surface area contributed by atoms with Crippen LogP contribution < -0.4 is 14.4 Å². The summed E-state index contributed by atoms with van der Waals surface area (Å²) in [6, 6.07) is 24.9. The van der Waals surface area contributed by atoms with E-state index in [0.29, 0.717) is 38.2 Å². The molecule has 30 heavy (non-hydrogen) atoms. The van der Waals surface area contributed by atoms with Gasteiger partial charge in [0, 0.05) is 12.8 Å². The molecule has 3 aromatic rings. The van der Waals surface area contributed by atoms with Crippen molar-refractivity contribution in [1.29, 1.82) is 0 Å². The minimum atomic E-state index is -0.134. The zero-order valence-electron chi connectivity index (χ0n) is 16.6. The molecule has 152 valence electrons. The molecule has 0 bridgehead atoms. The van der Waals surface area contributed by atoms with Gasteiger partial charge in [-0.05, 0) is 53.9 Å². The highest BCUT2D eigenvalue weighted by Crippen LogP contribution is 2.23. The number of hydrogen-bond acceptors (Lipinski definition) is 4. The van der Waals surface area contributed by atoms with Gasteiger partial charge in [-0.25, -0.2) is 0 Å². The minimum absolute atomic E-state index is 0.134. The van der Waals surface area contributed by atoms with Crippen LogP contribution in [0.25, 0.3) is 0 Å². The summed E-state index contributed by atoms with van der Waals surface area (Å²) in [5.41, 5.74) is 2.70. The molecular formula is C25H23NO4. The number of hydrogen-bond donors (Lipinski definition) is 0. The van der Waals surface area contributed by atoms with Crippen molar-refractivity contribution >= 4 is 17.5 Å². The van der Waals surface area contributed by atoms with Crippen LogP contribution in [0.15, 0.2) is 78.9 Å². The predicted octanol–water partition coefficient (Wildman–Crippen LogP) is 4.89. The molecule has 1 aliphatic heterocycles. The summed E-state index contributed by atoms with van der Waals surface area (Å²) in [7, 11) is 0. The van der Waals surface area contributed by atoms with Gasteiger partial charge in [0.15, 0.2) is 0 Å². The van der Waals surface area contributed by atoms with Gasteiger partial charge < -0.3 is 9.47 Å². The van der Waals surface area contributed by atoms with Gasteiger partial charge in [-0.3, -0.25) is 14.5 Å². The number of piperidine rings is 1. The molecule has 0 unspecified atom stereocenters. The number of rotatable bonds is 7. The van der Waals surface area contributed by atoms with Crippen LogP contribution in [0, 0.1) is 0 Å². The zero-order chi connectivity index (χ0) is 20.8. The lowest BCUT2D eigenvalue weighted by atomic mass is 10.1. The lowest BCUT2D eigenvalue weighted by Gasteiger charge is -2.24. The molecule has 0 saturated carbocycles. The number of imide groups is 1. The maximum Gasteiger partial charge on any atom is 0.233 e. The highest BCUT2D eigenvalue weighted by molar-refractivity contribution is 6.16. The van der Waals surface area contributed by atoms with Gasteiger partial charge >= 0.3 is 0 Å². The Hall–Kier alpha value is -3.60. The molecule has 1 aliphatic rings. The van der Waals surface area contributed by atoms with E-state index < -0.39 is 0 Å². The summed E-state index contributed by atoms with van der Waals surface area (Å²) in [6.45, 7) is 0.918. The van der Waals surface area contributed by atoms with Gasteiger partial charge in [0.1, 0.15) is 24.7 Å². The number of benzene rings is 3. The van der Waals surface area contributed by atoms with Crippen molar-refractivity contribution in [2.75, 3.05) is 4.90 Å². The Morgan fingerprint density at radius 2 is 1.13 bits per heavy atom. The number of carbonyl (C=O) groups is 2. The fourth-order valence-corrected chi connectivity index (χ4v) is 3.32. The normalized spacial score (nSPS) is 13.9. The van der Waals surface area contributed by atoms with E-state index in [4.69, 9.17) is 9.47 Å². The van der Waals surface area contributed by atoms with Crippen LogP contribution in [0.1, 0.15) is 30.4 Å². The number of nitrogens with zero attached hydrogens (tertiary/aromatic N) is 1. The largest absolute Gasteiger partial charge is 0.489 e. The van der Waals surface area contributed by atoms with E-state index in [1.165, 1.54) is 4.90 Å². The molecule has 0 spiro atoms. The minimum Gasteiger partial charge on any atom is -0.489 e. The van der Waals surface area contributed by atoms with Crippen LogP contribution in [-0.4, -0.2) is 11.8 Å². The van der Waals surface area contributed by atoms with Gasteiger partial charge in [-0.15, -0.1) is 0 Å². The van der Waals surface area contributed by atoms with Gasteiger partial charge in [0.2, 0.25) is 11.8 Å². The standard InChI is InChI=1S/C25H23NO4/c27-24-7-4-8-25(28)26(24)21-11-9-20(10-12-21)18-30-23-15-13-22(14-16-23)29-17-19-5-2-1-3-6-19/h1-3,5-6,9-16H,4,7-8,17-18H2. The molecule has 0 N–H and O–H groups in total. The molecule has 0 aromatic heterocycles. The number of anilines is 1. The third-order valence-corrected chi connectivity index (χ3v) is 4.95. The third-order valence-electron chi connectivity index (χ3n) is 4.95. The smallest absolute Gasteiger partial charge is 0.233 e. The highest BCUT2D eigenvalue weighted by Gasteiger charge is 2.27. The van der Waals surface area contributed by atoms with E-state index in [2.05, 4.69) is 0 Å². The first-order valence-electron chi connectivity index (χ1n) is 10.0. The monoisotopic (exact) mass is 401 g/mol. The van der Waals surface area contributed by atoms with Crippen LogP contribution in [0.2, 0.25) is 0 Å². The molecule has 1 saturated heterocycles. The highest BCUT2D eigenvalue weighted by atomic mass is 16.5. The molecule has 5 nitrogen and oxygen atoms in total. The van der Waals surface area contributed by atoms with E-state index >= 15 is 0 Å². The van der Waals surface area contributed by atoms with Gasteiger partial charge in [-0.1, -0.05) is 42.5 Å². The second-order valence-electron chi connectivity index (χ2n) is 7.18.